The molecule has 0 unspecified atom stereocenters. The smallest absolute Gasteiger partial charge is 0.0282 e. The maximum Gasteiger partial charge on any atom is -0.0282 e. The van der Waals surface area contributed by atoms with Crippen LogP contribution in [0, 0.1) is 0 Å². The molecule has 0 amide bonds. The SMILES string of the molecule is C/C=C(\C=C(/CCCC)CCCCCC)CCCCCC. The van der Waals surface area contributed by atoms with E-state index in [0.717, 1.165) is 0 Å². The predicted octanol–water partition coefficient (Wildman–Crippen LogP) is 7.99. The molecule has 0 aromatic carbocycles. The molecule has 0 nitrogen and oxygen atoms in total. The van der Waals surface area contributed by atoms with E-state index in [1.165, 1.54) is 83.5 Å². The fourth-order valence-corrected chi connectivity index (χ4v) is 2.77. The van der Waals surface area contributed by atoms with Crippen LogP contribution >= 0.6 is 0 Å². The Kier molecular flexibility index (Phi) is 15.5. The second kappa shape index (κ2) is 15.9. The first-order valence-corrected chi connectivity index (χ1v) is 9.63. The van der Waals surface area contributed by atoms with Gasteiger partial charge in [-0.25, -0.2) is 0 Å². The lowest BCUT2D eigenvalue weighted by atomic mass is 9.97. The lowest BCUT2D eigenvalue weighted by molar-refractivity contribution is 0.643. The molecule has 21 heavy (non-hydrogen) atoms. The van der Waals surface area contributed by atoms with Crippen molar-refractivity contribution in [3.63, 3.8) is 0 Å². The van der Waals surface area contributed by atoms with Gasteiger partial charge in [-0.2, -0.15) is 0 Å². The highest BCUT2D eigenvalue weighted by Gasteiger charge is 2.01. The van der Waals surface area contributed by atoms with Crippen LogP contribution in [0.25, 0.3) is 0 Å². The van der Waals surface area contributed by atoms with Crippen molar-refractivity contribution >= 4 is 0 Å². The van der Waals surface area contributed by atoms with Gasteiger partial charge in [0.15, 0.2) is 0 Å². The molecule has 0 saturated carbocycles. The summed E-state index contributed by atoms with van der Waals surface area (Å²) >= 11 is 0. The highest BCUT2D eigenvalue weighted by molar-refractivity contribution is 5.23. The van der Waals surface area contributed by atoms with Crippen LogP contribution in [0.15, 0.2) is 23.3 Å². The van der Waals surface area contributed by atoms with Crippen LogP contribution in [-0.4, -0.2) is 0 Å². The number of allylic oxidation sites excluding steroid dienone is 4. The van der Waals surface area contributed by atoms with Crippen molar-refractivity contribution in [3.8, 4) is 0 Å². The average Bonchev–Trinajstić information content (AvgIpc) is 2.51. The summed E-state index contributed by atoms with van der Waals surface area (Å²) < 4.78 is 0. The summed E-state index contributed by atoms with van der Waals surface area (Å²) in [5, 5.41) is 0. The first kappa shape index (κ1) is 20.5. The van der Waals surface area contributed by atoms with Crippen molar-refractivity contribution in [2.45, 2.75) is 111 Å². The quantitative estimate of drug-likeness (QED) is 0.225. The molecule has 0 radical (unpaired) electrons. The van der Waals surface area contributed by atoms with Crippen molar-refractivity contribution in [1.82, 2.24) is 0 Å². The van der Waals surface area contributed by atoms with E-state index in [1.807, 2.05) is 0 Å². The van der Waals surface area contributed by atoms with Crippen molar-refractivity contribution < 1.29 is 0 Å². The first-order chi connectivity index (χ1) is 10.3. The molecular weight excluding hydrogens is 252 g/mol. The third-order valence-electron chi connectivity index (χ3n) is 4.28. The highest BCUT2D eigenvalue weighted by Crippen LogP contribution is 2.21. The highest BCUT2D eigenvalue weighted by atomic mass is 14.1. The van der Waals surface area contributed by atoms with E-state index in [4.69, 9.17) is 0 Å². The normalized spacial score (nSPS) is 13.0. The van der Waals surface area contributed by atoms with Gasteiger partial charge in [-0.1, -0.05) is 89.0 Å². The Hall–Kier alpha value is -0.520. The zero-order valence-corrected chi connectivity index (χ0v) is 15.3. The van der Waals surface area contributed by atoms with Crippen LogP contribution in [0.1, 0.15) is 111 Å². The molecule has 0 aromatic rings. The maximum absolute atomic E-state index is 2.54. The summed E-state index contributed by atoms with van der Waals surface area (Å²) in [5.41, 5.74) is 3.28. The van der Waals surface area contributed by atoms with Crippen LogP contribution in [-0.2, 0) is 0 Å². The summed E-state index contributed by atoms with van der Waals surface area (Å²) in [6.45, 7) is 9.09. The molecule has 0 aliphatic heterocycles. The number of hydrogen-bond donors (Lipinski definition) is 0. The van der Waals surface area contributed by atoms with E-state index in [-0.39, 0.29) is 0 Å². The van der Waals surface area contributed by atoms with Crippen molar-refractivity contribution in [2.24, 2.45) is 0 Å². The third-order valence-corrected chi connectivity index (χ3v) is 4.28. The van der Waals surface area contributed by atoms with Gasteiger partial charge < -0.3 is 0 Å². The zero-order valence-electron chi connectivity index (χ0n) is 15.3. The Balaban J connectivity index is 4.31. The average molecular weight is 293 g/mol. The molecule has 0 aliphatic carbocycles. The lowest BCUT2D eigenvalue weighted by Crippen LogP contribution is -1.90. The Bertz CT molecular complexity index is 270. The van der Waals surface area contributed by atoms with E-state index in [1.54, 1.807) is 11.1 Å². The summed E-state index contributed by atoms with van der Waals surface area (Å²) in [5.74, 6) is 0. The third kappa shape index (κ3) is 12.9. The summed E-state index contributed by atoms with van der Waals surface area (Å²) in [6.07, 6.45) is 22.5. The number of rotatable bonds is 14. The van der Waals surface area contributed by atoms with Crippen LogP contribution in [0.5, 0.6) is 0 Å². The van der Waals surface area contributed by atoms with Crippen LogP contribution in [0.2, 0.25) is 0 Å². The number of hydrogen-bond acceptors (Lipinski definition) is 0. The van der Waals surface area contributed by atoms with Gasteiger partial charge in [-0.05, 0) is 45.4 Å². The van der Waals surface area contributed by atoms with Crippen molar-refractivity contribution in [1.29, 1.82) is 0 Å². The molecule has 0 saturated heterocycles. The van der Waals surface area contributed by atoms with E-state index in [2.05, 4.69) is 39.8 Å². The molecule has 124 valence electrons. The van der Waals surface area contributed by atoms with Gasteiger partial charge in [0, 0.05) is 0 Å². The van der Waals surface area contributed by atoms with E-state index < -0.39 is 0 Å². The summed E-state index contributed by atoms with van der Waals surface area (Å²) in [7, 11) is 0. The second-order valence-electron chi connectivity index (χ2n) is 6.39. The largest absolute Gasteiger partial charge is 0.0844 e. The Morgan fingerprint density at radius 2 is 1.14 bits per heavy atom. The van der Waals surface area contributed by atoms with Crippen LogP contribution in [0.4, 0.5) is 0 Å². The van der Waals surface area contributed by atoms with E-state index in [0.29, 0.717) is 0 Å². The Labute approximate surface area is 135 Å². The fourth-order valence-electron chi connectivity index (χ4n) is 2.77. The minimum absolute atomic E-state index is 1.28. The van der Waals surface area contributed by atoms with Gasteiger partial charge in [-0.15, -0.1) is 0 Å². The monoisotopic (exact) mass is 292 g/mol. The first-order valence-electron chi connectivity index (χ1n) is 9.63. The van der Waals surface area contributed by atoms with Gasteiger partial charge in [0.25, 0.3) is 0 Å². The zero-order chi connectivity index (χ0) is 15.8. The molecule has 0 heteroatoms. The molecule has 0 aromatic heterocycles. The molecule has 0 N–H and O–H groups in total. The van der Waals surface area contributed by atoms with E-state index in [9.17, 15) is 0 Å². The van der Waals surface area contributed by atoms with Crippen molar-refractivity contribution in [2.75, 3.05) is 0 Å². The lowest BCUT2D eigenvalue weighted by Gasteiger charge is -2.10. The van der Waals surface area contributed by atoms with Crippen LogP contribution < -0.4 is 0 Å². The molecular formula is C21H40. The van der Waals surface area contributed by atoms with Gasteiger partial charge in [0.05, 0.1) is 0 Å². The fraction of sp³-hybridized carbons (Fsp3) is 0.810. The summed E-state index contributed by atoms with van der Waals surface area (Å²) in [4.78, 5) is 0. The molecule has 0 rings (SSSR count). The van der Waals surface area contributed by atoms with Gasteiger partial charge in [0.1, 0.15) is 0 Å². The summed E-state index contributed by atoms with van der Waals surface area (Å²) in [6, 6.07) is 0. The Morgan fingerprint density at radius 1 is 0.619 bits per heavy atom. The molecule has 0 atom stereocenters. The van der Waals surface area contributed by atoms with Gasteiger partial charge in [0.2, 0.25) is 0 Å². The van der Waals surface area contributed by atoms with Gasteiger partial charge in [-0.3, -0.25) is 0 Å². The Morgan fingerprint density at radius 3 is 1.67 bits per heavy atom. The maximum atomic E-state index is 2.54. The van der Waals surface area contributed by atoms with Gasteiger partial charge >= 0.3 is 0 Å². The molecule has 0 spiro atoms. The van der Waals surface area contributed by atoms with E-state index >= 15 is 0 Å². The molecule has 0 fully saturated rings. The topological polar surface area (TPSA) is 0 Å². The van der Waals surface area contributed by atoms with Crippen molar-refractivity contribution in [3.05, 3.63) is 23.3 Å². The number of unbranched alkanes of at least 4 members (excludes halogenated alkanes) is 7. The molecule has 0 aliphatic rings. The minimum Gasteiger partial charge on any atom is -0.0844 e. The predicted molar refractivity (Wildman–Crippen MR) is 98.9 cm³/mol. The van der Waals surface area contributed by atoms with Crippen LogP contribution in [0.3, 0.4) is 0 Å². The molecule has 0 heterocycles. The second-order valence-corrected chi connectivity index (χ2v) is 6.39. The standard InChI is InChI=1S/C21H40/c1-5-9-12-14-17-20(8-4)19-21(16-11-7-3)18-15-13-10-6-2/h8,19H,5-7,9-18H2,1-4H3/b20-8-,21-19+. The molecule has 0 bridgehead atoms. The minimum atomic E-state index is 1.28.